The number of benzene rings is 2. The average molecular weight is 337 g/mol. The van der Waals surface area contributed by atoms with Gasteiger partial charge in [0.05, 0.1) is 0 Å². The number of hydrogen-bond acceptors (Lipinski definition) is 3. The lowest BCUT2D eigenvalue weighted by Gasteiger charge is -2.36. The van der Waals surface area contributed by atoms with Gasteiger partial charge < -0.3 is 10.2 Å². The molecular weight excluding hydrogens is 312 g/mol. The largest absolute Gasteiger partial charge is 0.364 e. The van der Waals surface area contributed by atoms with Gasteiger partial charge in [0.25, 0.3) is 0 Å². The molecule has 4 rings (SSSR count). The van der Waals surface area contributed by atoms with Crippen LogP contribution >= 0.6 is 11.3 Å². The molecule has 1 aromatic heterocycles. The first-order valence-electron chi connectivity index (χ1n) is 8.80. The van der Waals surface area contributed by atoms with E-state index in [2.05, 4.69) is 71.1 Å². The molecule has 2 heterocycles. The zero-order valence-electron chi connectivity index (χ0n) is 14.2. The molecule has 0 amide bonds. The number of thiophene rings is 1. The Morgan fingerprint density at radius 2 is 1.83 bits per heavy atom. The van der Waals surface area contributed by atoms with Crippen molar-refractivity contribution in [3.05, 3.63) is 65.0 Å². The fraction of sp³-hybridized carbons (Fsp3) is 0.333. The molecule has 0 atom stereocenters. The van der Waals surface area contributed by atoms with Crippen LogP contribution in [-0.4, -0.2) is 19.1 Å². The van der Waals surface area contributed by atoms with Crippen LogP contribution in [0.1, 0.15) is 24.0 Å². The second-order valence-corrected chi connectivity index (χ2v) is 7.69. The van der Waals surface area contributed by atoms with Crippen molar-refractivity contribution in [1.82, 2.24) is 5.32 Å². The fourth-order valence-corrected chi connectivity index (χ4v) is 4.34. The van der Waals surface area contributed by atoms with Crippen LogP contribution in [0.3, 0.4) is 0 Å². The number of fused-ring (bicyclic) bond motifs is 1. The molecule has 0 bridgehead atoms. The standard InChI is InChI=1S/C21H24N2S/c1-16-2-4-17(5-3-16)15-23(19-8-11-22-12-9-19)20-6-7-21-18(14-20)10-13-24-21/h2-7,10,13-14,19,22H,8-9,11-12,15H2,1H3. The zero-order valence-corrected chi connectivity index (χ0v) is 15.0. The molecule has 2 nitrogen and oxygen atoms in total. The Hall–Kier alpha value is -1.84. The highest BCUT2D eigenvalue weighted by Gasteiger charge is 2.21. The van der Waals surface area contributed by atoms with Crippen molar-refractivity contribution in [2.24, 2.45) is 0 Å². The maximum atomic E-state index is 3.49. The molecule has 0 saturated carbocycles. The van der Waals surface area contributed by atoms with E-state index in [1.807, 2.05) is 11.3 Å². The van der Waals surface area contributed by atoms with Gasteiger partial charge in [0.2, 0.25) is 0 Å². The van der Waals surface area contributed by atoms with E-state index in [9.17, 15) is 0 Å². The SMILES string of the molecule is Cc1ccc(CN(c2ccc3sccc3c2)C2CCNCC2)cc1. The molecule has 0 radical (unpaired) electrons. The Labute approximate surface area is 148 Å². The summed E-state index contributed by atoms with van der Waals surface area (Å²) < 4.78 is 1.37. The molecular formula is C21H24N2S. The number of nitrogens with one attached hydrogen (secondary N) is 1. The Morgan fingerprint density at radius 3 is 2.62 bits per heavy atom. The van der Waals surface area contributed by atoms with Crippen LogP contribution in [0.15, 0.2) is 53.9 Å². The van der Waals surface area contributed by atoms with Crippen LogP contribution in [0.5, 0.6) is 0 Å². The van der Waals surface area contributed by atoms with Gasteiger partial charge in [-0.15, -0.1) is 11.3 Å². The molecule has 0 unspecified atom stereocenters. The summed E-state index contributed by atoms with van der Waals surface area (Å²) in [5.74, 6) is 0. The van der Waals surface area contributed by atoms with E-state index < -0.39 is 0 Å². The summed E-state index contributed by atoms with van der Waals surface area (Å²) in [6.45, 7) is 5.38. The predicted molar refractivity (Wildman–Crippen MR) is 105 cm³/mol. The van der Waals surface area contributed by atoms with Gasteiger partial charge in [-0.1, -0.05) is 29.8 Å². The van der Waals surface area contributed by atoms with E-state index in [1.54, 1.807) is 0 Å². The van der Waals surface area contributed by atoms with Gasteiger partial charge in [0.1, 0.15) is 0 Å². The van der Waals surface area contributed by atoms with Crippen molar-refractivity contribution in [3.63, 3.8) is 0 Å². The van der Waals surface area contributed by atoms with Crippen molar-refractivity contribution < 1.29 is 0 Å². The molecule has 1 aliphatic rings. The predicted octanol–water partition coefficient (Wildman–Crippen LogP) is 4.97. The van der Waals surface area contributed by atoms with Crippen LogP contribution in [0, 0.1) is 6.92 Å². The summed E-state index contributed by atoms with van der Waals surface area (Å²) in [6, 6.07) is 18.8. The van der Waals surface area contributed by atoms with Crippen LogP contribution in [0.4, 0.5) is 5.69 Å². The third-order valence-electron chi connectivity index (χ3n) is 4.99. The highest BCUT2D eigenvalue weighted by Crippen LogP contribution is 2.30. The summed E-state index contributed by atoms with van der Waals surface area (Å²) in [7, 11) is 0. The number of anilines is 1. The van der Waals surface area contributed by atoms with Crippen LogP contribution in [-0.2, 0) is 6.54 Å². The molecule has 124 valence electrons. The van der Waals surface area contributed by atoms with Gasteiger partial charge in [0, 0.05) is 23.0 Å². The Bertz CT molecular complexity index is 800. The number of piperidine rings is 1. The highest BCUT2D eigenvalue weighted by atomic mass is 32.1. The Kier molecular flexibility index (Phi) is 4.54. The number of aryl methyl sites for hydroxylation is 1. The lowest BCUT2D eigenvalue weighted by molar-refractivity contribution is 0.428. The van der Waals surface area contributed by atoms with Crippen LogP contribution in [0.2, 0.25) is 0 Å². The van der Waals surface area contributed by atoms with Gasteiger partial charge in [-0.2, -0.15) is 0 Å². The fourth-order valence-electron chi connectivity index (χ4n) is 3.57. The highest BCUT2D eigenvalue weighted by molar-refractivity contribution is 7.17. The smallest absolute Gasteiger partial charge is 0.0432 e. The summed E-state index contributed by atoms with van der Waals surface area (Å²) in [5, 5.41) is 7.04. The first-order valence-corrected chi connectivity index (χ1v) is 9.68. The lowest BCUT2D eigenvalue weighted by Crippen LogP contribution is -2.43. The topological polar surface area (TPSA) is 15.3 Å². The van der Waals surface area contributed by atoms with Crippen molar-refractivity contribution in [2.45, 2.75) is 32.4 Å². The van der Waals surface area contributed by atoms with Gasteiger partial charge in [-0.05, 0) is 73.5 Å². The third kappa shape index (κ3) is 3.33. The van der Waals surface area contributed by atoms with E-state index in [0.29, 0.717) is 6.04 Å². The van der Waals surface area contributed by atoms with E-state index >= 15 is 0 Å². The molecule has 3 heteroatoms. The summed E-state index contributed by atoms with van der Waals surface area (Å²) in [6.07, 6.45) is 2.43. The third-order valence-corrected chi connectivity index (χ3v) is 5.89. The van der Waals surface area contributed by atoms with Gasteiger partial charge in [0.15, 0.2) is 0 Å². The Morgan fingerprint density at radius 1 is 1.04 bits per heavy atom. The molecule has 1 N–H and O–H groups in total. The molecule has 2 aromatic carbocycles. The number of hydrogen-bond donors (Lipinski definition) is 1. The molecule has 0 spiro atoms. The van der Waals surface area contributed by atoms with Crippen LogP contribution < -0.4 is 10.2 Å². The quantitative estimate of drug-likeness (QED) is 0.724. The molecule has 0 aliphatic carbocycles. The van der Waals surface area contributed by atoms with E-state index in [0.717, 1.165) is 19.6 Å². The zero-order chi connectivity index (χ0) is 16.4. The van der Waals surface area contributed by atoms with E-state index in [1.165, 1.54) is 39.7 Å². The second-order valence-electron chi connectivity index (χ2n) is 6.74. The van der Waals surface area contributed by atoms with Gasteiger partial charge >= 0.3 is 0 Å². The Balaban J connectivity index is 1.66. The molecule has 3 aromatic rings. The van der Waals surface area contributed by atoms with E-state index in [-0.39, 0.29) is 0 Å². The van der Waals surface area contributed by atoms with Gasteiger partial charge in [-0.3, -0.25) is 0 Å². The maximum Gasteiger partial charge on any atom is 0.0432 e. The van der Waals surface area contributed by atoms with Gasteiger partial charge in [-0.25, -0.2) is 0 Å². The van der Waals surface area contributed by atoms with Crippen molar-refractivity contribution in [1.29, 1.82) is 0 Å². The maximum absolute atomic E-state index is 3.49. The van der Waals surface area contributed by atoms with Crippen LogP contribution in [0.25, 0.3) is 10.1 Å². The number of nitrogens with zero attached hydrogens (tertiary/aromatic N) is 1. The molecule has 1 saturated heterocycles. The summed E-state index contributed by atoms with van der Waals surface area (Å²) >= 11 is 1.82. The summed E-state index contributed by atoms with van der Waals surface area (Å²) in [5.41, 5.74) is 4.07. The molecule has 24 heavy (non-hydrogen) atoms. The first-order chi connectivity index (χ1) is 11.8. The number of rotatable bonds is 4. The van der Waals surface area contributed by atoms with Crippen molar-refractivity contribution in [3.8, 4) is 0 Å². The minimum atomic E-state index is 0.614. The summed E-state index contributed by atoms with van der Waals surface area (Å²) in [4.78, 5) is 2.61. The average Bonchev–Trinajstić information content (AvgIpc) is 3.09. The molecule has 1 fully saturated rings. The molecule has 1 aliphatic heterocycles. The monoisotopic (exact) mass is 336 g/mol. The second kappa shape index (κ2) is 6.96. The minimum absolute atomic E-state index is 0.614. The van der Waals surface area contributed by atoms with Crippen molar-refractivity contribution in [2.75, 3.05) is 18.0 Å². The minimum Gasteiger partial charge on any atom is -0.364 e. The first kappa shape index (κ1) is 15.7. The van der Waals surface area contributed by atoms with Crippen molar-refractivity contribution >= 4 is 27.1 Å². The van der Waals surface area contributed by atoms with E-state index in [4.69, 9.17) is 0 Å². The lowest BCUT2D eigenvalue weighted by atomic mass is 10.0. The normalized spacial score (nSPS) is 15.7.